The number of amides is 1. The van der Waals surface area contributed by atoms with Gasteiger partial charge < -0.3 is 11.1 Å². The molecule has 0 fully saturated rings. The summed E-state index contributed by atoms with van der Waals surface area (Å²) in [7, 11) is 0. The van der Waals surface area contributed by atoms with E-state index in [2.05, 4.69) is 15.4 Å². The first-order valence-corrected chi connectivity index (χ1v) is 7.46. The Bertz CT molecular complexity index is 750. The van der Waals surface area contributed by atoms with Crippen LogP contribution in [0.2, 0.25) is 0 Å². The summed E-state index contributed by atoms with van der Waals surface area (Å²) in [5, 5.41) is 7.83. The molecule has 21 heavy (non-hydrogen) atoms. The summed E-state index contributed by atoms with van der Waals surface area (Å²) in [6.07, 6.45) is 6.15. The van der Waals surface area contributed by atoms with Crippen molar-refractivity contribution in [2.45, 2.75) is 13.0 Å². The molecule has 0 saturated carbocycles. The van der Waals surface area contributed by atoms with Crippen molar-refractivity contribution < 1.29 is 4.79 Å². The predicted molar refractivity (Wildman–Crippen MR) is 83.2 cm³/mol. The molecule has 0 aliphatic carbocycles. The minimum absolute atomic E-state index is 0.143. The number of aryl methyl sites for hydroxylation is 1. The van der Waals surface area contributed by atoms with E-state index >= 15 is 0 Å². The molecule has 1 amide bonds. The van der Waals surface area contributed by atoms with Crippen LogP contribution in [0, 0.1) is 0 Å². The number of fused-ring (bicyclic) bond motifs is 1. The number of carbonyl (C=O) groups is 1. The molecule has 3 heterocycles. The maximum absolute atomic E-state index is 12.2. The van der Waals surface area contributed by atoms with Gasteiger partial charge in [-0.25, -0.2) is 4.98 Å². The summed E-state index contributed by atoms with van der Waals surface area (Å²) < 4.78 is 1.84. The Hall–Kier alpha value is -2.41. The van der Waals surface area contributed by atoms with Gasteiger partial charge in [-0.3, -0.25) is 9.48 Å². The SMILES string of the molecule is Nc1c(C(=O)NCCCn2cccn2)sc2ncccc12. The number of pyridine rings is 1. The third-order valence-electron chi connectivity index (χ3n) is 3.12. The third kappa shape index (κ3) is 2.87. The average Bonchev–Trinajstić information content (AvgIpc) is 3.12. The van der Waals surface area contributed by atoms with Crippen LogP contribution in [0.3, 0.4) is 0 Å². The van der Waals surface area contributed by atoms with Crippen molar-refractivity contribution in [3.05, 3.63) is 41.7 Å². The summed E-state index contributed by atoms with van der Waals surface area (Å²) in [6.45, 7) is 1.36. The molecule has 3 aromatic rings. The standard InChI is InChI=1S/C14H15N5OS/c15-11-10-4-1-5-17-14(10)21-12(11)13(20)16-6-2-8-19-9-3-7-18-19/h1,3-5,7,9H,2,6,8,15H2,(H,16,20). The van der Waals surface area contributed by atoms with Crippen LogP contribution in [0.4, 0.5) is 5.69 Å². The van der Waals surface area contributed by atoms with Crippen molar-refractivity contribution in [2.24, 2.45) is 0 Å². The quantitative estimate of drug-likeness (QED) is 0.705. The van der Waals surface area contributed by atoms with Crippen LogP contribution in [0.1, 0.15) is 16.1 Å². The van der Waals surface area contributed by atoms with Gasteiger partial charge in [-0.15, -0.1) is 11.3 Å². The Kier molecular flexibility index (Phi) is 3.83. The average molecular weight is 301 g/mol. The van der Waals surface area contributed by atoms with Crippen LogP contribution in [-0.2, 0) is 6.54 Å². The molecule has 3 aromatic heterocycles. The molecule has 108 valence electrons. The van der Waals surface area contributed by atoms with E-state index in [0.29, 0.717) is 17.1 Å². The van der Waals surface area contributed by atoms with Crippen LogP contribution < -0.4 is 11.1 Å². The second kappa shape index (κ2) is 5.92. The molecule has 0 spiro atoms. The Labute approximate surface area is 125 Å². The van der Waals surface area contributed by atoms with Gasteiger partial charge in [-0.05, 0) is 24.6 Å². The van der Waals surface area contributed by atoms with Crippen molar-refractivity contribution in [3.63, 3.8) is 0 Å². The van der Waals surface area contributed by atoms with Crippen LogP contribution in [0.25, 0.3) is 10.2 Å². The molecular formula is C14H15N5OS. The molecule has 0 radical (unpaired) electrons. The first-order valence-electron chi connectivity index (χ1n) is 6.64. The van der Waals surface area contributed by atoms with Gasteiger partial charge in [0.1, 0.15) is 9.71 Å². The fraction of sp³-hybridized carbons (Fsp3) is 0.214. The molecule has 0 unspecified atom stereocenters. The Morgan fingerprint density at radius 2 is 2.29 bits per heavy atom. The van der Waals surface area contributed by atoms with Crippen molar-refractivity contribution in [1.82, 2.24) is 20.1 Å². The molecule has 3 rings (SSSR count). The zero-order chi connectivity index (χ0) is 14.7. The number of carbonyl (C=O) groups excluding carboxylic acids is 1. The summed E-state index contributed by atoms with van der Waals surface area (Å²) in [6, 6.07) is 5.57. The Balaban J connectivity index is 1.60. The third-order valence-corrected chi connectivity index (χ3v) is 4.25. The largest absolute Gasteiger partial charge is 0.397 e. The second-order valence-corrected chi connectivity index (χ2v) is 5.58. The number of nitrogens with one attached hydrogen (secondary N) is 1. The number of nitrogen functional groups attached to an aromatic ring is 1. The van der Waals surface area contributed by atoms with Gasteiger partial charge in [0.15, 0.2) is 0 Å². The highest BCUT2D eigenvalue weighted by Gasteiger charge is 2.16. The molecule has 6 nitrogen and oxygen atoms in total. The number of rotatable bonds is 5. The monoisotopic (exact) mass is 301 g/mol. The number of thiophene rings is 1. The number of hydrogen-bond acceptors (Lipinski definition) is 5. The number of aromatic nitrogens is 3. The molecule has 7 heteroatoms. The van der Waals surface area contributed by atoms with Crippen LogP contribution >= 0.6 is 11.3 Å². The van der Waals surface area contributed by atoms with Gasteiger partial charge in [0.05, 0.1) is 5.69 Å². The molecule has 0 saturated heterocycles. The van der Waals surface area contributed by atoms with Gasteiger partial charge in [-0.2, -0.15) is 5.10 Å². The summed E-state index contributed by atoms with van der Waals surface area (Å²) in [4.78, 5) is 17.7. The minimum Gasteiger partial charge on any atom is -0.397 e. The number of anilines is 1. The van der Waals surface area contributed by atoms with E-state index < -0.39 is 0 Å². The van der Waals surface area contributed by atoms with Gasteiger partial charge in [0.2, 0.25) is 0 Å². The highest BCUT2D eigenvalue weighted by Crippen LogP contribution is 2.31. The summed E-state index contributed by atoms with van der Waals surface area (Å²) in [5.74, 6) is -0.143. The maximum Gasteiger partial charge on any atom is 0.263 e. The van der Waals surface area contributed by atoms with Crippen molar-refractivity contribution >= 4 is 33.1 Å². The van der Waals surface area contributed by atoms with Gasteiger partial charge in [-0.1, -0.05) is 0 Å². The number of nitrogens with two attached hydrogens (primary N) is 1. The van der Waals surface area contributed by atoms with E-state index in [1.54, 1.807) is 12.4 Å². The van der Waals surface area contributed by atoms with E-state index in [9.17, 15) is 4.79 Å². The van der Waals surface area contributed by atoms with Crippen molar-refractivity contribution in [3.8, 4) is 0 Å². The van der Waals surface area contributed by atoms with Crippen molar-refractivity contribution in [2.75, 3.05) is 12.3 Å². The fourth-order valence-corrected chi connectivity index (χ4v) is 3.06. The smallest absolute Gasteiger partial charge is 0.263 e. The molecule has 0 bridgehead atoms. The summed E-state index contributed by atoms with van der Waals surface area (Å²) >= 11 is 1.32. The van der Waals surface area contributed by atoms with E-state index in [4.69, 9.17) is 5.73 Å². The lowest BCUT2D eigenvalue weighted by Crippen LogP contribution is -2.25. The topological polar surface area (TPSA) is 85.8 Å². The normalized spacial score (nSPS) is 10.9. The zero-order valence-electron chi connectivity index (χ0n) is 11.3. The van der Waals surface area contributed by atoms with E-state index in [1.807, 2.05) is 29.1 Å². The van der Waals surface area contributed by atoms with Crippen molar-refractivity contribution in [1.29, 1.82) is 0 Å². The maximum atomic E-state index is 12.2. The molecule has 0 atom stereocenters. The molecule has 3 N–H and O–H groups in total. The van der Waals surface area contributed by atoms with Gasteiger partial charge >= 0.3 is 0 Å². The Morgan fingerprint density at radius 3 is 3.05 bits per heavy atom. The number of hydrogen-bond donors (Lipinski definition) is 2. The van der Waals surface area contributed by atoms with Crippen LogP contribution in [-0.4, -0.2) is 27.2 Å². The lowest BCUT2D eigenvalue weighted by molar-refractivity contribution is 0.0957. The molecule has 0 aliphatic heterocycles. The Morgan fingerprint density at radius 1 is 1.38 bits per heavy atom. The zero-order valence-corrected chi connectivity index (χ0v) is 12.1. The van der Waals surface area contributed by atoms with Gasteiger partial charge in [0, 0.05) is 37.1 Å². The molecule has 0 aliphatic rings. The van der Waals surface area contributed by atoms with Crippen LogP contribution in [0.5, 0.6) is 0 Å². The lowest BCUT2D eigenvalue weighted by Gasteiger charge is -2.04. The number of nitrogens with zero attached hydrogens (tertiary/aromatic N) is 3. The lowest BCUT2D eigenvalue weighted by atomic mass is 10.2. The first kappa shape index (κ1) is 13.6. The van der Waals surface area contributed by atoms with Gasteiger partial charge in [0.25, 0.3) is 5.91 Å². The van der Waals surface area contributed by atoms with E-state index in [0.717, 1.165) is 23.2 Å². The minimum atomic E-state index is -0.143. The molecule has 0 aromatic carbocycles. The highest BCUT2D eigenvalue weighted by atomic mass is 32.1. The second-order valence-electron chi connectivity index (χ2n) is 4.58. The highest BCUT2D eigenvalue weighted by molar-refractivity contribution is 7.21. The molecular weight excluding hydrogens is 286 g/mol. The predicted octanol–water partition coefficient (Wildman–Crippen LogP) is 1.90. The van der Waals surface area contributed by atoms with Crippen LogP contribution in [0.15, 0.2) is 36.8 Å². The van der Waals surface area contributed by atoms with E-state index in [1.165, 1.54) is 11.3 Å². The summed E-state index contributed by atoms with van der Waals surface area (Å²) in [5.41, 5.74) is 6.52. The fourth-order valence-electron chi connectivity index (χ4n) is 2.08. The van der Waals surface area contributed by atoms with E-state index in [-0.39, 0.29) is 5.91 Å². The first-order chi connectivity index (χ1) is 10.3.